The van der Waals surface area contributed by atoms with Gasteiger partial charge in [-0.05, 0) is 19.1 Å². The minimum absolute atomic E-state index is 0.393. The SMILES string of the molecule is Cc1ccc(-c2cc(NC(=O)Nc3nc4c(s3)COCC4)n[nH]2)o1. The summed E-state index contributed by atoms with van der Waals surface area (Å²) in [5.74, 6) is 1.88. The maximum Gasteiger partial charge on any atom is 0.326 e. The lowest BCUT2D eigenvalue weighted by atomic mass is 10.2. The summed E-state index contributed by atoms with van der Waals surface area (Å²) in [5.41, 5.74) is 1.69. The van der Waals surface area contributed by atoms with Gasteiger partial charge in [0.25, 0.3) is 0 Å². The molecular formula is C15H15N5O3S. The Balaban J connectivity index is 1.41. The molecule has 4 rings (SSSR count). The van der Waals surface area contributed by atoms with Gasteiger partial charge in [-0.15, -0.1) is 0 Å². The van der Waals surface area contributed by atoms with Crippen LogP contribution in [-0.2, 0) is 17.8 Å². The zero-order chi connectivity index (χ0) is 16.5. The zero-order valence-electron chi connectivity index (χ0n) is 12.9. The molecule has 24 heavy (non-hydrogen) atoms. The second-order valence-corrected chi connectivity index (χ2v) is 6.43. The van der Waals surface area contributed by atoms with Gasteiger partial charge in [0.05, 0.1) is 23.8 Å². The van der Waals surface area contributed by atoms with Gasteiger partial charge in [0.2, 0.25) is 0 Å². The topological polar surface area (TPSA) is 105 Å². The van der Waals surface area contributed by atoms with E-state index in [9.17, 15) is 4.79 Å². The van der Waals surface area contributed by atoms with Crippen LogP contribution in [0.1, 0.15) is 16.3 Å². The van der Waals surface area contributed by atoms with Gasteiger partial charge < -0.3 is 9.15 Å². The zero-order valence-corrected chi connectivity index (χ0v) is 13.7. The number of aromatic amines is 1. The number of anilines is 2. The lowest BCUT2D eigenvalue weighted by Crippen LogP contribution is -2.19. The molecule has 8 nitrogen and oxygen atoms in total. The number of furan rings is 1. The summed E-state index contributed by atoms with van der Waals surface area (Å²) >= 11 is 1.43. The fourth-order valence-electron chi connectivity index (χ4n) is 2.41. The number of ether oxygens (including phenoxy) is 1. The van der Waals surface area contributed by atoms with Gasteiger partial charge in [-0.1, -0.05) is 11.3 Å². The predicted octanol–water partition coefficient (Wildman–Crippen LogP) is 3.15. The number of amides is 2. The molecule has 1 aliphatic rings. The van der Waals surface area contributed by atoms with Crippen molar-refractivity contribution in [1.82, 2.24) is 15.2 Å². The van der Waals surface area contributed by atoms with Gasteiger partial charge in [-0.3, -0.25) is 15.7 Å². The standard InChI is InChI=1S/C15H15N5O3S/c1-8-2-3-11(23-8)10-6-13(20-19-10)17-14(21)18-15-16-9-4-5-22-7-12(9)24-15/h2-3,6H,4-5,7H2,1H3,(H3,16,17,18,19,20,21). The van der Waals surface area contributed by atoms with E-state index in [0.29, 0.717) is 35.6 Å². The normalized spacial score (nSPS) is 13.5. The Morgan fingerprint density at radius 3 is 3.08 bits per heavy atom. The molecule has 3 aromatic heterocycles. The van der Waals surface area contributed by atoms with Crippen LogP contribution < -0.4 is 10.6 Å². The Hall–Kier alpha value is -2.65. The monoisotopic (exact) mass is 345 g/mol. The van der Waals surface area contributed by atoms with Crippen molar-refractivity contribution in [1.29, 1.82) is 0 Å². The maximum absolute atomic E-state index is 12.1. The third-order valence-corrected chi connectivity index (χ3v) is 4.53. The molecule has 3 N–H and O–H groups in total. The number of carbonyl (C=O) groups is 1. The van der Waals surface area contributed by atoms with Crippen LogP contribution in [-0.4, -0.2) is 27.8 Å². The van der Waals surface area contributed by atoms with Crippen molar-refractivity contribution in [2.24, 2.45) is 0 Å². The van der Waals surface area contributed by atoms with Crippen LogP contribution in [0, 0.1) is 6.92 Å². The molecule has 0 spiro atoms. The molecule has 0 radical (unpaired) electrons. The third kappa shape index (κ3) is 3.03. The second-order valence-electron chi connectivity index (χ2n) is 5.35. The average Bonchev–Trinajstić information content (AvgIpc) is 3.25. The van der Waals surface area contributed by atoms with Crippen molar-refractivity contribution >= 4 is 28.3 Å². The highest BCUT2D eigenvalue weighted by Crippen LogP contribution is 2.27. The van der Waals surface area contributed by atoms with Crippen molar-refractivity contribution in [2.45, 2.75) is 20.0 Å². The number of aromatic nitrogens is 3. The van der Waals surface area contributed by atoms with E-state index in [2.05, 4.69) is 25.8 Å². The number of hydrogen-bond acceptors (Lipinski definition) is 6. The Bertz CT molecular complexity index is 858. The number of hydrogen-bond donors (Lipinski definition) is 3. The van der Waals surface area contributed by atoms with Gasteiger partial charge in [0.15, 0.2) is 16.7 Å². The lowest BCUT2D eigenvalue weighted by Gasteiger charge is -2.08. The first-order chi connectivity index (χ1) is 11.7. The van der Waals surface area contributed by atoms with E-state index in [0.717, 1.165) is 22.8 Å². The third-order valence-electron chi connectivity index (χ3n) is 3.54. The number of rotatable bonds is 3. The largest absolute Gasteiger partial charge is 0.460 e. The molecule has 0 aliphatic carbocycles. The summed E-state index contributed by atoms with van der Waals surface area (Å²) in [6.07, 6.45) is 0.778. The smallest absolute Gasteiger partial charge is 0.326 e. The summed E-state index contributed by atoms with van der Waals surface area (Å²) < 4.78 is 10.9. The van der Waals surface area contributed by atoms with Crippen LogP contribution in [0.5, 0.6) is 0 Å². The van der Waals surface area contributed by atoms with Crippen LogP contribution in [0.15, 0.2) is 22.6 Å². The number of fused-ring (bicyclic) bond motifs is 1. The first kappa shape index (κ1) is 14.9. The van der Waals surface area contributed by atoms with E-state index >= 15 is 0 Å². The van der Waals surface area contributed by atoms with Gasteiger partial charge in [0, 0.05) is 12.5 Å². The summed E-state index contributed by atoms with van der Waals surface area (Å²) in [7, 11) is 0. The lowest BCUT2D eigenvalue weighted by molar-refractivity contribution is 0.112. The average molecular weight is 345 g/mol. The molecule has 0 saturated heterocycles. The molecule has 0 bridgehead atoms. The highest BCUT2D eigenvalue weighted by atomic mass is 32.1. The van der Waals surface area contributed by atoms with Crippen molar-refractivity contribution in [3.8, 4) is 11.5 Å². The van der Waals surface area contributed by atoms with E-state index in [1.165, 1.54) is 11.3 Å². The Morgan fingerprint density at radius 2 is 2.29 bits per heavy atom. The van der Waals surface area contributed by atoms with Crippen LogP contribution in [0.3, 0.4) is 0 Å². The Labute approximate surface area is 141 Å². The van der Waals surface area contributed by atoms with Crippen LogP contribution in [0.2, 0.25) is 0 Å². The van der Waals surface area contributed by atoms with Crippen molar-refractivity contribution in [2.75, 3.05) is 17.2 Å². The summed E-state index contributed by atoms with van der Waals surface area (Å²) in [4.78, 5) is 17.6. The van der Waals surface area contributed by atoms with Crippen molar-refractivity contribution in [3.05, 3.63) is 34.5 Å². The minimum Gasteiger partial charge on any atom is -0.460 e. The minimum atomic E-state index is -0.393. The van der Waals surface area contributed by atoms with Gasteiger partial charge in [-0.25, -0.2) is 9.78 Å². The van der Waals surface area contributed by atoms with Gasteiger partial charge >= 0.3 is 6.03 Å². The molecule has 124 valence electrons. The molecule has 0 fully saturated rings. The summed E-state index contributed by atoms with van der Waals surface area (Å²) in [6, 6.07) is 5.02. The molecule has 0 saturated carbocycles. The molecule has 3 aromatic rings. The number of carbonyl (C=O) groups excluding carboxylic acids is 1. The fraction of sp³-hybridized carbons (Fsp3) is 0.267. The van der Waals surface area contributed by atoms with E-state index in [1.807, 2.05) is 19.1 Å². The maximum atomic E-state index is 12.1. The molecule has 0 aromatic carbocycles. The number of nitrogens with zero attached hydrogens (tertiary/aromatic N) is 2. The van der Waals surface area contributed by atoms with Crippen LogP contribution in [0.4, 0.5) is 15.7 Å². The van der Waals surface area contributed by atoms with E-state index in [1.54, 1.807) is 6.07 Å². The Kier molecular flexibility index (Phi) is 3.79. The predicted molar refractivity (Wildman–Crippen MR) is 89.1 cm³/mol. The number of aryl methyl sites for hydroxylation is 1. The first-order valence-corrected chi connectivity index (χ1v) is 8.25. The number of thiazole rings is 1. The molecule has 0 atom stereocenters. The Morgan fingerprint density at radius 1 is 1.38 bits per heavy atom. The second kappa shape index (κ2) is 6.10. The first-order valence-electron chi connectivity index (χ1n) is 7.44. The van der Waals surface area contributed by atoms with Crippen LogP contribution in [0.25, 0.3) is 11.5 Å². The van der Waals surface area contributed by atoms with E-state index in [4.69, 9.17) is 9.15 Å². The molecule has 1 aliphatic heterocycles. The molecule has 9 heteroatoms. The van der Waals surface area contributed by atoms with Crippen LogP contribution >= 0.6 is 11.3 Å². The quantitative estimate of drug-likeness (QED) is 0.676. The van der Waals surface area contributed by atoms with Gasteiger partial charge in [0.1, 0.15) is 11.5 Å². The number of urea groups is 1. The number of H-pyrrole nitrogens is 1. The molecule has 0 unspecified atom stereocenters. The number of nitrogens with one attached hydrogen (secondary N) is 3. The summed E-state index contributed by atoms with van der Waals surface area (Å²) in [6.45, 7) is 3.09. The van der Waals surface area contributed by atoms with Crippen molar-refractivity contribution < 1.29 is 13.9 Å². The highest BCUT2D eigenvalue weighted by Gasteiger charge is 2.17. The molecular weight excluding hydrogens is 330 g/mol. The van der Waals surface area contributed by atoms with Gasteiger partial charge in [-0.2, -0.15) is 5.10 Å². The molecule has 4 heterocycles. The summed E-state index contributed by atoms with van der Waals surface area (Å²) in [5, 5.41) is 12.8. The highest BCUT2D eigenvalue weighted by molar-refractivity contribution is 7.15. The van der Waals surface area contributed by atoms with E-state index < -0.39 is 6.03 Å². The molecule has 2 amide bonds. The van der Waals surface area contributed by atoms with Crippen molar-refractivity contribution in [3.63, 3.8) is 0 Å². The fourth-order valence-corrected chi connectivity index (χ4v) is 3.36. The van der Waals surface area contributed by atoms with E-state index in [-0.39, 0.29) is 0 Å².